The highest BCUT2D eigenvalue weighted by Gasteiger charge is 2.35. The van der Waals surface area contributed by atoms with E-state index in [4.69, 9.17) is 9.72 Å². The van der Waals surface area contributed by atoms with Crippen molar-refractivity contribution in [3.63, 3.8) is 0 Å². The molecule has 4 aromatic rings. The predicted molar refractivity (Wildman–Crippen MR) is 151 cm³/mol. The maximum absolute atomic E-state index is 13.3. The van der Waals surface area contributed by atoms with Crippen LogP contribution >= 0.6 is 11.3 Å². The van der Waals surface area contributed by atoms with Gasteiger partial charge in [-0.05, 0) is 63.7 Å². The maximum atomic E-state index is 13.3. The van der Waals surface area contributed by atoms with E-state index in [2.05, 4.69) is 79.5 Å². The van der Waals surface area contributed by atoms with E-state index >= 15 is 0 Å². The van der Waals surface area contributed by atoms with E-state index in [1.165, 1.54) is 20.9 Å². The third-order valence-electron chi connectivity index (χ3n) is 7.22. The molecule has 1 aromatic carbocycles. The van der Waals surface area contributed by atoms with Gasteiger partial charge in [-0.15, -0.1) is 11.3 Å². The van der Waals surface area contributed by atoms with Gasteiger partial charge in [-0.2, -0.15) is 0 Å². The average Bonchev–Trinajstić information content (AvgIpc) is 3.52. The van der Waals surface area contributed by atoms with Crippen molar-refractivity contribution >= 4 is 28.2 Å². The first-order chi connectivity index (χ1) is 17.7. The Kier molecular flexibility index (Phi) is 6.91. The quantitative estimate of drug-likeness (QED) is 0.360. The number of aromatic nitrogens is 3. The lowest BCUT2D eigenvalue weighted by Gasteiger charge is -2.23. The summed E-state index contributed by atoms with van der Waals surface area (Å²) in [4.78, 5) is 27.4. The maximum Gasteiger partial charge on any atom is 0.255 e. The fourth-order valence-electron chi connectivity index (χ4n) is 5.11. The minimum atomic E-state index is -0.306. The van der Waals surface area contributed by atoms with Gasteiger partial charge in [0.15, 0.2) is 0 Å². The number of anilines is 1. The molecule has 0 spiro atoms. The molecule has 0 saturated carbocycles. The Morgan fingerprint density at radius 1 is 1.22 bits per heavy atom. The third-order valence-corrected chi connectivity index (χ3v) is 8.53. The highest BCUT2D eigenvalue weighted by atomic mass is 32.1. The summed E-state index contributed by atoms with van der Waals surface area (Å²) >= 11 is 1.80. The molecule has 1 fully saturated rings. The molecule has 0 aliphatic carbocycles. The molecule has 5 rings (SSSR count). The summed E-state index contributed by atoms with van der Waals surface area (Å²) in [7, 11) is 5.99. The first-order valence-corrected chi connectivity index (χ1v) is 13.5. The Morgan fingerprint density at radius 2 is 2.00 bits per heavy atom. The third kappa shape index (κ3) is 4.93. The van der Waals surface area contributed by atoms with Gasteiger partial charge in [0, 0.05) is 40.9 Å². The summed E-state index contributed by atoms with van der Waals surface area (Å²) in [5.41, 5.74) is 3.67. The Bertz CT molecular complexity index is 1500. The fraction of sp³-hybridized carbons (Fsp3) is 0.414. The summed E-state index contributed by atoms with van der Waals surface area (Å²) in [5, 5.41) is 4.49. The number of ether oxygens (including phenoxy) is 1. The van der Waals surface area contributed by atoms with E-state index in [9.17, 15) is 4.79 Å². The number of aryl methyl sites for hydroxylation is 2. The molecule has 0 bridgehead atoms. The Labute approximate surface area is 222 Å². The Balaban J connectivity index is 1.51. The lowest BCUT2D eigenvalue weighted by Crippen LogP contribution is -2.34. The summed E-state index contributed by atoms with van der Waals surface area (Å²) in [5.74, 6) is 1.38. The van der Waals surface area contributed by atoms with Gasteiger partial charge in [0.05, 0.1) is 18.0 Å². The normalized spacial score (nSPS) is 18.6. The van der Waals surface area contributed by atoms with Gasteiger partial charge in [0.25, 0.3) is 5.56 Å². The average molecular weight is 518 g/mol. The Hall–Kier alpha value is -3.07. The molecule has 0 radical (unpaired) electrons. The molecule has 1 unspecified atom stereocenters. The lowest BCUT2D eigenvalue weighted by atomic mass is 9.82. The number of pyridine rings is 1. The van der Waals surface area contributed by atoms with E-state index < -0.39 is 0 Å². The second kappa shape index (κ2) is 10.0. The van der Waals surface area contributed by atoms with Crippen LogP contribution in [0.25, 0.3) is 21.5 Å². The monoisotopic (exact) mass is 517 g/mol. The largest absolute Gasteiger partial charge is 0.380 e. The molecule has 37 heavy (non-hydrogen) atoms. The van der Waals surface area contributed by atoms with Gasteiger partial charge in [0.1, 0.15) is 17.3 Å². The number of thiophene rings is 1. The molecule has 1 saturated heterocycles. The molecule has 2 atom stereocenters. The standard InChI is InChI=1S/C29H35N5O2S/c1-18(24-11-12-25(37-24)21-10-8-7-9-20(21)16-33(4)5)30-26-22-15-23(29(3)13-14-36-17-29)28(35)34(6)27(22)32-19(2)31-26/h7-12,15,18H,13-14,16-17H2,1-6H3,(H,30,31,32)/t18-,29?/m1/s1. The van der Waals surface area contributed by atoms with Crippen LogP contribution in [-0.4, -0.2) is 46.7 Å². The van der Waals surface area contributed by atoms with Crippen molar-refractivity contribution in [1.29, 1.82) is 0 Å². The molecule has 8 heteroatoms. The second-order valence-corrected chi connectivity index (χ2v) is 11.7. The van der Waals surface area contributed by atoms with E-state index in [1.807, 2.05) is 13.0 Å². The van der Waals surface area contributed by atoms with Crippen LogP contribution in [-0.2, 0) is 23.7 Å². The van der Waals surface area contributed by atoms with Crippen LogP contribution in [0, 0.1) is 6.92 Å². The number of rotatable bonds is 7. The molecule has 1 N–H and O–H groups in total. The topological polar surface area (TPSA) is 72.3 Å². The zero-order valence-electron chi connectivity index (χ0n) is 22.5. The summed E-state index contributed by atoms with van der Waals surface area (Å²) in [6, 6.07) is 15.0. The van der Waals surface area contributed by atoms with Gasteiger partial charge in [-0.3, -0.25) is 9.36 Å². The smallest absolute Gasteiger partial charge is 0.255 e. The number of nitrogens with one attached hydrogen (secondary N) is 1. The summed E-state index contributed by atoms with van der Waals surface area (Å²) in [6.45, 7) is 8.24. The molecule has 194 valence electrons. The zero-order chi connectivity index (χ0) is 26.3. The van der Waals surface area contributed by atoms with Gasteiger partial charge in [-0.25, -0.2) is 9.97 Å². The van der Waals surface area contributed by atoms with Gasteiger partial charge in [-0.1, -0.05) is 31.2 Å². The van der Waals surface area contributed by atoms with Crippen molar-refractivity contribution in [2.45, 2.75) is 45.2 Å². The van der Waals surface area contributed by atoms with Crippen LogP contribution in [0.5, 0.6) is 0 Å². The molecule has 0 amide bonds. The van der Waals surface area contributed by atoms with Crippen LogP contribution in [0.1, 0.15) is 48.1 Å². The van der Waals surface area contributed by atoms with Crippen molar-refractivity contribution in [3.8, 4) is 10.4 Å². The van der Waals surface area contributed by atoms with Crippen LogP contribution in [0.2, 0.25) is 0 Å². The second-order valence-electron chi connectivity index (χ2n) is 10.6. The molecule has 7 nitrogen and oxygen atoms in total. The molecular weight excluding hydrogens is 482 g/mol. The number of nitrogens with zero attached hydrogens (tertiary/aromatic N) is 4. The number of hydrogen-bond donors (Lipinski definition) is 1. The molecule has 1 aliphatic rings. The Morgan fingerprint density at radius 3 is 2.73 bits per heavy atom. The first kappa shape index (κ1) is 25.6. The molecule has 3 aromatic heterocycles. The number of benzene rings is 1. The van der Waals surface area contributed by atoms with Crippen LogP contribution in [0.4, 0.5) is 5.82 Å². The van der Waals surface area contributed by atoms with Crippen LogP contribution < -0.4 is 10.9 Å². The van der Waals surface area contributed by atoms with Crippen molar-refractivity contribution in [1.82, 2.24) is 19.4 Å². The van der Waals surface area contributed by atoms with Crippen LogP contribution in [0.3, 0.4) is 0 Å². The molecular formula is C29H35N5O2S. The van der Waals surface area contributed by atoms with E-state index in [0.29, 0.717) is 24.7 Å². The van der Waals surface area contributed by atoms with E-state index in [0.717, 1.165) is 29.7 Å². The highest BCUT2D eigenvalue weighted by Crippen LogP contribution is 2.36. The van der Waals surface area contributed by atoms with E-state index in [-0.39, 0.29) is 17.0 Å². The van der Waals surface area contributed by atoms with Crippen molar-refractivity contribution in [2.24, 2.45) is 7.05 Å². The van der Waals surface area contributed by atoms with Gasteiger partial charge < -0.3 is 15.0 Å². The molecule has 4 heterocycles. The summed E-state index contributed by atoms with van der Waals surface area (Å²) in [6.07, 6.45) is 0.826. The van der Waals surface area contributed by atoms with Crippen molar-refractivity contribution in [2.75, 3.05) is 32.6 Å². The summed E-state index contributed by atoms with van der Waals surface area (Å²) < 4.78 is 7.32. The lowest BCUT2D eigenvalue weighted by molar-refractivity contribution is 0.180. The number of fused-ring (bicyclic) bond motifs is 1. The minimum absolute atomic E-state index is 0.0168. The minimum Gasteiger partial charge on any atom is -0.380 e. The predicted octanol–water partition coefficient (Wildman–Crippen LogP) is 5.28. The SMILES string of the molecule is Cc1nc(N[C@H](C)c2ccc(-c3ccccc3CN(C)C)s2)c2cc(C3(C)CCOC3)c(=O)n(C)c2n1. The van der Waals surface area contributed by atoms with Crippen molar-refractivity contribution in [3.05, 3.63) is 74.6 Å². The number of hydrogen-bond acceptors (Lipinski definition) is 7. The van der Waals surface area contributed by atoms with Crippen molar-refractivity contribution < 1.29 is 4.74 Å². The van der Waals surface area contributed by atoms with E-state index in [1.54, 1.807) is 23.0 Å². The van der Waals surface area contributed by atoms with Gasteiger partial charge >= 0.3 is 0 Å². The van der Waals surface area contributed by atoms with Gasteiger partial charge in [0.2, 0.25) is 0 Å². The fourth-order valence-corrected chi connectivity index (χ4v) is 6.18. The molecule has 1 aliphatic heterocycles. The first-order valence-electron chi connectivity index (χ1n) is 12.7. The van der Waals surface area contributed by atoms with Crippen LogP contribution in [0.15, 0.2) is 47.3 Å². The zero-order valence-corrected chi connectivity index (χ0v) is 23.3. The highest BCUT2D eigenvalue weighted by molar-refractivity contribution is 7.15.